The highest BCUT2D eigenvalue weighted by atomic mass is 16.5. The van der Waals surface area contributed by atoms with Crippen LogP contribution in [0.25, 0.3) is 0 Å². The van der Waals surface area contributed by atoms with Crippen molar-refractivity contribution in [2.45, 2.75) is 122 Å². The molecular weight excluding hydrogens is 298 g/mol. The average Bonchev–Trinajstić information content (AvgIpc) is 2.56. The highest BCUT2D eigenvalue weighted by Crippen LogP contribution is 2.13. The Hall–Kier alpha value is -0.120. The molecule has 24 heavy (non-hydrogen) atoms. The van der Waals surface area contributed by atoms with Gasteiger partial charge in [-0.15, -0.1) is 0 Å². The summed E-state index contributed by atoms with van der Waals surface area (Å²) in [5.74, 6) is 0. The maximum absolute atomic E-state index is 8.71. The SMILES string of the molecule is CCCCCCCCCCCCCCCCCCNCCC(O)O. The molecule has 0 radical (unpaired) electrons. The summed E-state index contributed by atoms with van der Waals surface area (Å²) in [4.78, 5) is 0. The Morgan fingerprint density at radius 1 is 0.542 bits per heavy atom. The van der Waals surface area contributed by atoms with Crippen LogP contribution in [0.3, 0.4) is 0 Å². The molecule has 3 N–H and O–H groups in total. The van der Waals surface area contributed by atoms with E-state index in [1.165, 1.54) is 103 Å². The van der Waals surface area contributed by atoms with Crippen LogP contribution >= 0.6 is 0 Å². The fourth-order valence-electron chi connectivity index (χ4n) is 3.15. The molecule has 3 nitrogen and oxygen atoms in total. The van der Waals surface area contributed by atoms with Gasteiger partial charge in [0, 0.05) is 6.42 Å². The maximum Gasteiger partial charge on any atom is 0.152 e. The second-order valence-electron chi connectivity index (χ2n) is 7.32. The van der Waals surface area contributed by atoms with E-state index in [1.807, 2.05) is 0 Å². The van der Waals surface area contributed by atoms with Crippen molar-refractivity contribution in [3.8, 4) is 0 Å². The van der Waals surface area contributed by atoms with Crippen LogP contribution in [0, 0.1) is 0 Å². The molecule has 0 amide bonds. The first kappa shape index (κ1) is 23.9. The molecule has 0 aromatic heterocycles. The summed E-state index contributed by atoms with van der Waals surface area (Å²) in [6, 6.07) is 0. The molecule has 0 aliphatic rings. The van der Waals surface area contributed by atoms with Crippen molar-refractivity contribution in [2.75, 3.05) is 13.1 Å². The van der Waals surface area contributed by atoms with Crippen molar-refractivity contribution >= 4 is 0 Å². The number of aliphatic hydroxyl groups excluding tert-OH is 1. The molecule has 0 saturated carbocycles. The first-order chi connectivity index (χ1) is 11.8. The molecule has 0 saturated heterocycles. The van der Waals surface area contributed by atoms with Gasteiger partial charge in [-0.2, -0.15) is 0 Å². The summed E-state index contributed by atoms with van der Waals surface area (Å²) in [5, 5.41) is 20.7. The minimum Gasteiger partial charge on any atom is -0.368 e. The highest BCUT2D eigenvalue weighted by Gasteiger charge is 1.96. The summed E-state index contributed by atoms with van der Waals surface area (Å²) in [6.07, 6.45) is 21.7. The molecule has 0 bridgehead atoms. The molecule has 0 atom stereocenters. The lowest BCUT2D eigenvalue weighted by Gasteiger charge is -2.06. The van der Waals surface area contributed by atoms with Gasteiger partial charge in [-0.1, -0.05) is 103 Å². The molecule has 0 fully saturated rings. The van der Waals surface area contributed by atoms with Crippen LogP contribution in [0.1, 0.15) is 116 Å². The summed E-state index contributed by atoms with van der Waals surface area (Å²) >= 11 is 0. The van der Waals surface area contributed by atoms with Crippen LogP contribution in [-0.4, -0.2) is 29.6 Å². The quantitative estimate of drug-likeness (QED) is 0.201. The second kappa shape index (κ2) is 20.9. The predicted octanol–water partition coefficient (Wildman–Crippen LogP) is 5.54. The Labute approximate surface area is 151 Å². The number of nitrogens with one attached hydrogen (secondary N) is 1. The normalized spacial score (nSPS) is 11.5. The van der Waals surface area contributed by atoms with E-state index in [1.54, 1.807) is 0 Å². The van der Waals surface area contributed by atoms with Gasteiger partial charge in [-0.05, 0) is 19.5 Å². The monoisotopic (exact) mass is 343 g/mol. The van der Waals surface area contributed by atoms with Crippen molar-refractivity contribution < 1.29 is 10.2 Å². The van der Waals surface area contributed by atoms with Crippen LogP contribution in [0.15, 0.2) is 0 Å². The van der Waals surface area contributed by atoms with Gasteiger partial charge in [-0.3, -0.25) is 0 Å². The van der Waals surface area contributed by atoms with Crippen LogP contribution in [0.4, 0.5) is 0 Å². The second-order valence-corrected chi connectivity index (χ2v) is 7.32. The molecule has 0 aromatic rings. The van der Waals surface area contributed by atoms with E-state index in [2.05, 4.69) is 12.2 Å². The topological polar surface area (TPSA) is 52.5 Å². The van der Waals surface area contributed by atoms with Gasteiger partial charge in [0.1, 0.15) is 0 Å². The number of aliphatic hydroxyl groups is 2. The van der Waals surface area contributed by atoms with Crippen molar-refractivity contribution in [3.05, 3.63) is 0 Å². The van der Waals surface area contributed by atoms with Gasteiger partial charge in [0.2, 0.25) is 0 Å². The molecule has 0 aliphatic heterocycles. The number of rotatable bonds is 20. The lowest BCUT2D eigenvalue weighted by Crippen LogP contribution is -2.21. The van der Waals surface area contributed by atoms with Gasteiger partial charge in [0.05, 0.1) is 0 Å². The molecule has 146 valence electrons. The fourth-order valence-corrected chi connectivity index (χ4v) is 3.15. The van der Waals surface area contributed by atoms with E-state index in [4.69, 9.17) is 10.2 Å². The molecule has 0 unspecified atom stereocenters. The van der Waals surface area contributed by atoms with Crippen LogP contribution in [-0.2, 0) is 0 Å². The molecular formula is C21H45NO2. The Balaban J connectivity index is 2.95. The van der Waals surface area contributed by atoms with Crippen molar-refractivity contribution in [3.63, 3.8) is 0 Å². The summed E-state index contributed by atoms with van der Waals surface area (Å²) < 4.78 is 0. The van der Waals surface area contributed by atoms with Crippen LogP contribution in [0.5, 0.6) is 0 Å². The van der Waals surface area contributed by atoms with E-state index in [-0.39, 0.29) is 0 Å². The number of hydrogen-bond donors (Lipinski definition) is 3. The smallest absolute Gasteiger partial charge is 0.152 e. The minimum absolute atomic E-state index is 0.429. The van der Waals surface area contributed by atoms with Gasteiger partial charge in [0.15, 0.2) is 6.29 Å². The first-order valence-corrected chi connectivity index (χ1v) is 10.8. The van der Waals surface area contributed by atoms with Crippen molar-refractivity contribution in [2.24, 2.45) is 0 Å². The van der Waals surface area contributed by atoms with Gasteiger partial charge in [0.25, 0.3) is 0 Å². The third-order valence-corrected chi connectivity index (χ3v) is 4.79. The zero-order valence-corrected chi connectivity index (χ0v) is 16.4. The standard InChI is InChI=1S/C21H45NO2/c1-2-3-4-5-6-7-8-9-10-11-12-13-14-15-16-17-19-22-20-18-21(23)24/h21-24H,2-20H2,1H3. The van der Waals surface area contributed by atoms with E-state index < -0.39 is 6.29 Å². The first-order valence-electron chi connectivity index (χ1n) is 10.8. The molecule has 0 spiro atoms. The Bertz CT molecular complexity index is 222. The summed E-state index contributed by atoms with van der Waals surface area (Å²) in [5.41, 5.74) is 0. The lowest BCUT2D eigenvalue weighted by molar-refractivity contribution is -0.0443. The highest BCUT2D eigenvalue weighted by molar-refractivity contribution is 4.52. The minimum atomic E-state index is -1.16. The molecule has 0 heterocycles. The third kappa shape index (κ3) is 21.9. The predicted molar refractivity (Wildman–Crippen MR) is 105 cm³/mol. The molecule has 0 aromatic carbocycles. The van der Waals surface area contributed by atoms with E-state index in [0.717, 1.165) is 6.54 Å². The van der Waals surface area contributed by atoms with E-state index >= 15 is 0 Å². The van der Waals surface area contributed by atoms with Crippen molar-refractivity contribution in [1.29, 1.82) is 0 Å². The average molecular weight is 344 g/mol. The largest absolute Gasteiger partial charge is 0.368 e. The Morgan fingerprint density at radius 3 is 1.29 bits per heavy atom. The Kier molecular flexibility index (Phi) is 20.8. The van der Waals surface area contributed by atoms with Crippen LogP contribution < -0.4 is 5.32 Å². The fraction of sp³-hybridized carbons (Fsp3) is 1.00. The number of hydrogen-bond acceptors (Lipinski definition) is 3. The van der Waals surface area contributed by atoms with Crippen LogP contribution in [0.2, 0.25) is 0 Å². The number of unbranched alkanes of at least 4 members (excludes halogenated alkanes) is 15. The molecule has 0 aliphatic carbocycles. The summed E-state index contributed by atoms with van der Waals surface area (Å²) in [7, 11) is 0. The maximum atomic E-state index is 8.71. The van der Waals surface area contributed by atoms with E-state index in [0.29, 0.717) is 13.0 Å². The zero-order chi connectivity index (χ0) is 17.7. The lowest BCUT2D eigenvalue weighted by atomic mass is 10.0. The molecule has 3 heteroatoms. The molecule has 0 rings (SSSR count). The van der Waals surface area contributed by atoms with E-state index in [9.17, 15) is 0 Å². The van der Waals surface area contributed by atoms with Crippen molar-refractivity contribution in [1.82, 2.24) is 5.32 Å². The summed E-state index contributed by atoms with van der Waals surface area (Å²) in [6.45, 7) is 3.99. The van der Waals surface area contributed by atoms with Gasteiger partial charge in [-0.25, -0.2) is 0 Å². The van der Waals surface area contributed by atoms with Gasteiger partial charge < -0.3 is 15.5 Å². The third-order valence-electron chi connectivity index (χ3n) is 4.79. The zero-order valence-electron chi connectivity index (χ0n) is 16.4. The van der Waals surface area contributed by atoms with Gasteiger partial charge >= 0.3 is 0 Å². The Morgan fingerprint density at radius 2 is 0.917 bits per heavy atom.